The number of carbonyl (C=O) groups is 1. The molecule has 0 fully saturated rings. The van der Waals surface area contributed by atoms with E-state index in [2.05, 4.69) is 0 Å². The summed E-state index contributed by atoms with van der Waals surface area (Å²) >= 11 is 12.3. The van der Waals surface area contributed by atoms with Gasteiger partial charge in [-0.2, -0.15) is 0 Å². The van der Waals surface area contributed by atoms with Gasteiger partial charge in [0.2, 0.25) is 5.91 Å². The van der Waals surface area contributed by atoms with Gasteiger partial charge in [-0.1, -0.05) is 41.4 Å². The maximum absolute atomic E-state index is 12.5. The van der Waals surface area contributed by atoms with Crippen molar-refractivity contribution < 1.29 is 4.79 Å². The van der Waals surface area contributed by atoms with Crippen molar-refractivity contribution >= 4 is 34.8 Å². The van der Waals surface area contributed by atoms with Gasteiger partial charge in [-0.05, 0) is 47.7 Å². The minimum absolute atomic E-state index is 0.130. The first-order chi connectivity index (χ1) is 11.0. The Morgan fingerprint density at radius 2 is 2.00 bits per heavy atom. The lowest BCUT2D eigenvalue weighted by atomic mass is 9.99. The Bertz CT molecular complexity index is 746. The molecule has 23 heavy (non-hydrogen) atoms. The van der Waals surface area contributed by atoms with Crippen LogP contribution in [0.4, 0.5) is 5.69 Å². The van der Waals surface area contributed by atoms with Gasteiger partial charge in [0.15, 0.2) is 0 Å². The van der Waals surface area contributed by atoms with Gasteiger partial charge in [-0.25, -0.2) is 0 Å². The van der Waals surface area contributed by atoms with E-state index in [1.165, 1.54) is 0 Å². The molecule has 1 aliphatic rings. The van der Waals surface area contributed by atoms with Gasteiger partial charge in [-0.3, -0.25) is 4.79 Å². The molecule has 0 spiro atoms. The van der Waals surface area contributed by atoms with E-state index < -0.39 is 0 Å². The predicted molar refractivity (Wildman–Crippen MR) is 94.8 cm³/mol. The monoisotopic (exact) mass is 348 g/mol. The fourth-order valence-electron chi connectivity index (χ4n) is 2.96. The SMILES string of the molecule is Nc1ccccc1CCC(=O)N1CCc2cc(Cl)cc(Cl)c2C1. The molecular formula is C18H18Cl2N2O. The summed E-state index contributed by atoms with van der Waals surface area (Å²) in [7, 11) is 0. The number of nitrogens with zero attached hydrogens (tertiary/aromatic N) is 1. The number of halogens is 2. The van der Waals surface area contributed by atoms with Crippen LogP contribution >= 0.6 is 23.2 Å². The highest BCUT2D eigenvalue weighted by Crippen LogP contribution is 2.30. The molecule has 0 aliphatic carbocycles. The third-order valence-electron chi connectivity index (χ3n) is 4.27. The predicted octanol–water partition coefficient (Wildman–Crippen LogP) is 4.09. The van der Waals surface area contributed by atoms with Gasteiger partial charge in [-0.15, -0.1) is 0 Å². The minimum Gasteiger partial charge on any atom is -0.399 e. The summed E-state index contributed by atoms with van der Waals surface area (Å²) in [5, 5.41) is 1.28. The van der Waals surface area contributed by atoms with Crippen LogP contribution in [0.5, 0.6) is 0 Å². The number of para-hydroxylation sites is 1. The summed E-state index contributed by atoms with van der Waals surface area (Å²) in [6.07, 6.45) is 1.90. The fraction of sp³-hybridized carbons (Fsp3) is 0.278. The van der Waals surface area contributed by atoms with Crippen LogP contribution in [-0.2, 0) is 24.2 Å². The number of aryl methyl sites for hydroxylation is 1. The molecule has 1 heterocycles. The zero-order valence-corrected chi connectivity index (χ0v) is 14.2. The van der Waals surface area contributed by atoms with Crippen molar-refractivity contribution in [2.75, 3.05) is 12.3 Å². The molecule has 0 aromatic heterocycles. The summed E-state index contributed by atoms with van der Waals surface area (Å²) in [6.45, 7) is 1.25. The van der Waals surface area contributed by atoms with E-state index in [9.17, 15) is 4.79 Å². The highest BCUT2D eigenvalue weighted by molar-refractivity contribution is 6.35. The quantitative estimate of drug-likeness (QED) is 0.849. The van der Waals surface area contributed by atoms with Gasteiger partial charge >= 0.3 is 0 Å². The van der Waals surface area contributed by atoms with Crippen LogP contribution in [0.25, 0.3) is 0 Å². The molecule has 0 saturated heterocycles. The molecular weight excluding hydrogens is 331 g/mol. The second-order valence-electron chi connectivity index (χ2n) is 5.79. The van der Waals surface area contributed by atoms with Gasteiger partial charge in [0.05, 0.1) is 0 Å². The van der Waals surface area contributed by atoms with Crippen LogP contribution < -0.4 is 5.73 Å². The Hall–Kier alpha value is -1.71. The third kappa shape index (κ3) is 3.62. The maximum Gasteiger partial charge on any atom is 0.223 e. The number of hydrogen-bond acceptors (Lipinski definition) is 2. The molecule has 0 bridgehead atoms. The van der Waals surface area contributed by atoms with E-state index in [-0.39, 0.29) is 5.91 Å². The molecule has 3 nitrogen and oxygen atoms in total. The summed E-state index contributed by atoms with van der Waals surface area (Å²) < 4.78 is 0. The number of nitrogen functional groups attached to an aromatic ring is 1. The normalized spacial score (nSPS) is 13.7. The Morgan fingerprint density at radius 3 is 2.78 bits per heavy atom. The first-order valence-electron chi connectivity index (χ1n) is 7.62. The molecule has 3 rings (SSSR count). The van der Waals surface area contributed by atoms with Crippen LogP contribution in [-0.4, -0.2) is 17.4 Å². The van der Waals surface area contributed by atoms with Crippen molar-refractivity contribution in [3.63, 3.8) is 0 Å². The highest BCUT2D eigenvalue weighted by Gasteiger charge is 2.22. The molecule has 0 radical (unpaired) electrons. The lowest BCUT2D eigenvalue weighted by molar-refractivity contribution is -0.132. The maximum atomic E-state index is 12.5. The van der Waals surface area contributed by atoms with Gasteiger partial charge in [0.1, 0.15) is 0 Å². The smallest absolute Gasteiger partial charge is 0.223 e. The first-order valence-corrected chi connectivity index (χ1v) is 8.38. The molecule has 120 valence electrons. The van der Waals surface area contributed by atoms with Crippen LogP contribution in [0.2, 0.25) is 10.0 Å². The van der Waals surface area contributed by atoms with E-state index in [0.717, 1.165) is 28.8 Å². The Kier molecular flexibility index (Phi) is 4.79. The molecule has 1 amide bonds. The molecule has 2 N–H and O–H groups in total. The largest absolute Gasteiger partial charge is 0.399 e. The van der Waals surface area contributed by atoms with Crippen molar-refractivity contribution in [2.45, 2.75) is 25.8 Å². The summed E-state index contributed by atoms with van der Waals surface area (Å²) in [6, 6.07) is 11.3. The minimum atomic E-state index is 0.130. The number of nitrogens with two attached hydrogens (primary N) is 1. The number of rotatable bonds is 3. The van der Waals surface area contributed by atoms with Crippen molar-refractivity contribution in [1.29, 1.82) is 0 Å². The number of carbonyl (C=O) groups excluding carboxylic acids is 1. The Balaban J connectivity index is 1.66. The topological polar surface area (TPSA) is 46.3 Å². The molecule has 2 aromatic carbocycles. The summed E-state index contributed by atoms with van der Waals surface area (Å²) in [5.74, 6) is 0.130. The van der Waals surface area contributed by atoms with Crippen molar-refractivity contribution in [3.05, 3.63) is 63.1 Å². The summed E-state index contributed by atoms with van der Waals surface area (Å²) in [5.41, 5.74) is 9.83. The van der Waals surface area contributed by atoms with Gasteiger partial charge in [0.25, 0.3) is 0 Å². The fourth-order valence-corrected chi connectivity index (χ4v) is 3.55. The van der Waals surface area contributed by atoms with Crippen LogP contribution in [0.1, 0.15) is 23.1 Å². The Labute approximate surface area is 146 Å². The second kappa shape index (κ2) is 6.81. The number of fused-ring (bicyclic) bond motifs is 1. The Morgan fingerprint density at radius 1 is 1.22 bits per heavy atom. The van der Waals surface area contributed by atoms with Crippen molar-refractivity contribution in [3.8, 4) is 0 Å². The van der Waals surface area contributed by atoms with Crippen LogP contribution in [0, 0.1) is 0 Å². The molecule has 0 atom stereocenters. The third-order valence-corrected chi connectivity index (χ3v) is 4.82. The molecule has 0 saturated carbocycles. The average molecular weight is 349 g/mol. The summed E-state index contributed by atoms with van der Waals surface area (Å²) in [4.78, 5) is 14.3. The molecule has 0 unspecified atom stereocenters. The molecule has 5 heteroatoms. The van der Waals surface area contributed by atoms with Crippen LogP contribution in [0.15, 0.2) is 36.4 Å². The van der Waals surface area contributed by atoms with Gasteiger partial charge in [0, 0.05) is 35.2 Å². The number of amides is 1. The zero-order chi connectivity index (χ0) is 16.4. The van der Waals surface area contributed by atoms with Crippen molar-refractivity contribution in [1.82, 2.24) is 4.90 Å². The number of anilines is 1. The molecule has 1 aliphatic heterocycles. The lowest BCUT2D eigenvalue weighted by Gasteiger charge is -2.30. The lowest BCUT2D eigenvalue weighted by Crippen LogP contribution is -2.36. The average Bonchev–Trinajstić information content (AvgIpc) is 2.53. The number of hydrogen-bond donors (Lipinski definition) is 1. The van der Waals surface area contributed by atoms with E-state index in [1.54, 1.807) is 6.07 Å². The standard InChI is InChI=1S/C18H18Cl2N2O/c19-14-9-13-7-8-22(11-15(13)16(20)10-14)18(23)6-5-12-3-1-2-4-17(12)21/h1-4,9-10H,5-8,11,21H2. The van der Waals surface area contributed by atoms with Crippen molar-refractivity contribution in [2.24, 2.45) is 0 Å². The highest BCUT2D eigenvalue weighted by atomic mass is 35.5. The van der Waals surface area contributed by atoms with E-state index in [4.69, 9.17) is 28.9 Å². The zero-order valence-electron chi connectivity index (χ0n) is 12.7. The molecule has 2 aromatic rings. The second-order valence-corrected chi connectivity index (χ2v) is 6.63. The first kappa shape index (κ1) is 16.2. The van der Waals surface area contributed by atoms with E-state index in [1.807, 2.05) is 35.2 Å². The number of benzene rings is 2. The van der Waals surface area contributed by atoms with E-state index in [0.29, 0.717) is 36.0 Å². The van der Waals surface area contributed by atoms with Crippen LogP contribution in [0.3, 0.4) is 0 Å². The van der Waals surface area contributed by atoms with E-state index >= 15 is 0 Å². The van der Waals surface area contributed by atoms with Gasteiger partial charge < -0.3 is 10.6 Å².